The van der Waals surface area contributed by atoms with Crippen molar-refractivity contribution in [2.24, 2.45) is 5.92 Å². The Hall–Kier alpha value is -2.17. The van der Waals surface area contributed by atoms with Gasteiger partial charge in [0.05, 0.1) is 11.5 Å². The molecule has 0 aromatic heterocycles. The van der Waals surface area contributed by atoms with Crippen LogP contribution < -0.4 is 0 Å². The molecule has 0 aliphatic rings. The molecule has 5 heteroatoms. The average molecular weight is 305 g/mol. The first kappa shape index (κ1) is 17.9. The summed E-state index contributed by atoms with van der Waals surface area (Å²) >= 11 is 0. The molecular weight excluding hydrogens is 282 g/mol. The first-order chi connectivity index (χ1) is 10.6. The van der Waals surface area contributed by atoms with Gasteiger partial charge in [0, 0.05) is 18.2 Å². The predicted octanol–water partition coefficient (Wildman–Crippen LogP) is 4.37. The number of nitro groups is 1. The second-order valence-corrected chi connectivity index (χ2v) is 5.23. The number of hydrogen-bond acceptors (Lipinski definition) is 4. The fraction of sp³-hybridized carbons (Fsp3) is 0.471. The van der Waals surface area contributed by atoms with Crippen molar-refractivity contribution in [2.45, 2.75) is 39.5 Å². The maximum absolute atomic E-state index is 11.7. The summed E-state index contributed by atoms with van der Waals surface area (Å²) in [5, 5.41) is 10.5. The fourth-order valence-corrected chi connectivity index (χ4v) is 2.02. The molecule has 0 saturated carbocycles. The highest BCUT2D eigenvalue weighted by Gasteiger charge is 2.08. The van der Waals surface area contributed by atoms with E-state index < -0.39 is 4.92 Å². The summed E-state index contributed by atoms with van der Waals surface area (Å²) in [6, 6.07) is 6.00. The molecule has 1 aromatic rings. The van der Waals surface area contributed by atoms with Crippen molar-refractivity contribution in [3.8, 4) is 0 Å². The van der Waals surface area contributed by atoms with Gasteiger partial charge in [-0.3, -0.25) is 10.1 Å². The third kappa shape index (κ3) is 6.52. The summed E-state index contributed by atoms with van der Waals surface area (Å²) in [7, 11) is 0. The number of nitro benzene ring substituents is 1. The van der Waals surface area contributed by atoms with E-state index in [0.29, 0.717) is 12.5 Å². The highest BCUT2D eigenvalue weighted by molar-refractivity contribution is 5.87. The molecule has 5 nitrogen and oxygen atoms in total. The van der Waals surface area contributed by atoms with E-state index in [1.54, 1.807) is 18.2 Å². The van der Waals surface area contributed by atoms with Crippen LogP contribution in [-0.4, -0.2) is 17.5 Å². The standard InChI is InChI=1S/C17H23NO4/c1-3-5-6-14(4-2)13-22-17(19)12-9-15-7-10-16(11-8-15)18(20)21/h7-12,14H,3-6,13H2,1-2H3/b12-9+. The highest BCUT2D eigenvalue weighted by atomic mass is 16.6. The predicted molar refractivity (Wildman–Crippen MR) is 86.4 cm³/mol. The van der Waals surface area contributed by atoms with Gasteiger partial charge in [0.2, 0.25) is 0 Å². The first-order valence-corrected chi connectivity index (χ1v) is 7.66. The first-order valence-electron chi connectivity index (χ1n) is 7.66. The van der Waals surface area contributed by atoms with Gasteiger partial charge in [0.15, 0.2) is 0 Å². The summed E-state index contributed by atoms with van der Waals surface area (Å²) < 4.78 is 5.24. The Labute approximate surface area is 131 Å². The van der Waals surface area contributed by atoms with Crippen molar-refractivity contribution in [2.75, 3.05) is 6.61 Å². The van der Waals surface area contributed by atoms with E-state index in [1.165, 1.54) is 18.2 Å². The third-order valence-corrected chi connectivity index (χ3v) is 3.52. The SMILES string of the molecule is CCCCC(CC)COC(=O)/C=C/c1ccc([N+](=O)[O-])cc1. The summed E-state index contributed by atoms with van der Waals surface area (Å²) in [6.45, 7) is 4.69. The Morgan fingerprint density at radius 1 is 1.32 bits per heavy atom. The molecule has 0 fully saturated rings. The topological polar surface area (TPSA) is 69.4 Å². The number of carbonyl (C=O) groups excluding carboxylic acids is 1. The molecule has 0 aliphatic heterocycles. The smallest absolute Gasteiger partial charge is 0.330 e. The molecule has 0 heterocycles. The van der Waals surface area contributed by atoms with Crippen LogP contribution in [0.1, 0.15) is 45.1 Å². The van der Waals surface area contributed by atoms with Crippen LogP contribution in [0, 0.1) is 16.0 Å². The number of unbranched alkanes of at least 4 members (excludes halogenated alkanes) is 1. The molecule has 1 aromatic carbocycles. The lowest BCUT2D eigenvalue weighted by Gasteiger charge is -2.13. The number of hydrogen-bond donors (Lipinski definition) is 0. The molecule has 120 valence electrons. The van der Waals surface area contributed by atoms with Crippen molar-refractivity contribution in [1.29, 1.82) is 0 Å². The van der Waals surface area contributed by atoms with Crippen molar-refractivity contribution in [3.05, 3.63) is 46.0 Å². The molecule has 0 spiro atoms. The zero-order chi connectivity index (χ0) is 16.4. The van der Waals surface area contributed by atoms with E-state index in [1.807, 2.05) is 0 Å². The number of nitrogens with zero attached hydrogens (tertiary/aromatic N) is 1. The zero-order valence-electron chi connectivity index (χ0n) is 13.2. The molecule has 0 amide bonds. The summed E-state index contributed by atoms with van der Waals surface area (Å²) in [5.41, 5.74) is 0.752. The van der Waals surface area contributed by atoms with Gasteiger partial charge in [0.25, 0.3) is 5.69 Å². The molecule has 1 unspecified atom stereocenters. The minimum atomic E-state index is -0.455. The number of rotatable bonds is 9. The molecule has 0 saturated heterocycles. The monoisotopic (exact) mass is 305 g/mol. The van der Waals surface area contributed by atoms with Crippen LogP contribution in [0.2, 0.25) is 0 Å². The van der Waals surface area contributed by atoms with Crippen molar-refractivity contribution >= 4 is 17.7 Å². The quantitative estimate of drug-likeness (QED) is 0.294. The maximum Gasteiger partial charge on any atom is 0.330 e. The number of ether oxygens (including phenoxy) is 1. The van der Waals surface area contributed by atoms with Gasteiger partial charge in [-0.15, -0.1) is 0 Å². The molecule has 1 rings (SSSR count). The molecule has 1 atom stereocenters. The van der Waals surface area contributed by atoms with Crippen molar-refractivity contribution in [3.63, 3.8) is 0 Å². The lowest BCUT2D eigenvalue weighted by Crippen LogP contribution is -2.12. The van der Waals surface area contributed by atoms with Crippen LogP contribution in [0.3, 0.4) is 0 Å². The molecular formula is C17H23NO4. The van der Waals surface area contributed by atoms with Crippen molar-refractivity contribution in [1.82, 2.24) is 0 Å². The summed E-state index contributed by atoms with van der Waals surface area (Å²) in [4.78, 5) is 21.8. The van der Waals surface area contributed by atoms with Gasteiger partial charge in [-0.05, 0) is 36.1 Å². The second kappa shape index (κ2) is 9.71. The summed E-state index contributed by atoms with van der Waals surface area (Å²) in [6.07, 6.45) is 7.32. The lowest BCUT2D eigenvalue weighted by atomic mass is 10.0. The Morgan fingerprint density at radius 3 is 2.55 bits per heavy atom. The Kier molecular flexibility index (Phi) is 7.89. The number of benzene rings is 1. The van der Waals surface area contributed by atoms with Crippen molar-refractivity contribution < 1.29 is 14.5 Å². The van der Waals surface area contributed by atoms with Gasteiger partial charge in [-0.1, -0.05) is 33.1 Å². The normalized spacial score (nSPS) is 12.3. The van der Waals surface area contributed by atoms with Crippen LogP contribution in [0.15, 0.2) is 30.3 Å². The maximum atomic E-state index is 11.7. The molecule has 0 aliphatic carbocycles. The summed E-state index contributed by atoms with van der Waals surface area (Å²) in [5.74, 6) is 0.0324. The van der Waals surface area contributed by atoms with Gasteiger partial charge in [-0.2, -0.15) is 0 Å². The van der Waals surface area contributed by atoms with E-state index in [0.717, 1.165) is 31.2 Å². The van der Waals surface area contributed by atoms with E-state index in [4.69, 9.17) is 4.74 Å². The van der Waals surface area contributed by atoms with Crippen LogP contribution in [0.4, 0.5) is 5.69 Å². The zero-order valence-corrected chi connectivity index (χ0v) is 13.2. The fourth-order valence-electron chi connectivity index (χ4n) is 2.02. The van der Waals surface area contributed by atoms with Crippen LogP contribution in [0.25, 0.3) is 6.08 Å². The van der Waals surface area contributed by atoms with Gasteiger partial charge < -0.3 is 4.74 Å². The van der Waals surface area contributed by atoms with E-state index in [-0.39, 0.29) is 11.7 Å². The lowest BCUT2D eigenvalue weighted by molar-refractivity contribution is -0.384. The number of non-ortho nitro benzene ring substituents is 1. The van der Waals surface area contributed by atoms with Crippen LogP contribution >= 0.6 is 0 Å². The van der Waals surface area contributed by atoms with Crippen LogP contribution in [0.5, 0.6) is 0 Å². The van der Waals surface area contributed by atoms with Gasteiger partial charge in [-0.25, -0.2) is 4.79 Å². The highest BCUT2D eigenvalue weighted by Crippen LogP contribution is 2.14. The van der Waals surface area contributed by atoms with Gasteiger partial charge >= 0.3 is 5.97 Å². The van der Waals surface area contributed by atoms with Gasteiger partial charge in [0.1, 0.15) is 0 Å². The van der Waals surface area contributed by atoms with E-state index >= 15 is 0 Å². The minimum Gasteiger partial charge on any atom is -0.462 e. The minimum absolute atomic E-state index is 0.0291. The average Bonchev–Trinajstić information content (AvgIpc) is 2.53. The second-order valence-electron chi connectivity index (χ2n) is 5.23. The molecule has 22 heavy (non-hydrogen) atoms. The van der Waals surface area contributed by atoms with Crippen LogP contribution in [-0.2, 0) is 9.53 Å². The van der Waals surface area contributed by atoms with E-state index in [9.17, 15) is 14.9 Å². The number of carbonyl (C=O) groups is 1. The molecule has 0 N–H and O–H groups in total. The third-order valence-electron chi connectivity index (χ3n) is 3.52. The molecule has 0 radical (unpaired) electrons. The molecule has 0 bridgehead atoms. The number of esters is 1. The van der Waals surface area contributed by atoms with E-state index in [2.05, 4.69) is 13.8 Å². The largest absolute Gasteiger partial charge is 0.462 e. The Balaban J connectivity index is 2.44. The Morgan fingerprint density at radius 2 is 2.00 bits per heavy atom. The Bertz CT molecular complexity index is 508.